The van der Waals surface area contributed by atoms with E-state index in [9.17, 15) is 18.3 Å². The summed E-state index contributed by atoms with van der Waals surface area (Å²) in [6.45, 7) is 0.0640. The quantitative estimate of drug-likeness (QED) is 0.891. The van der Waals surface area contributed by atoms with Crippen LogP contribution in [0, 0.1) is 17.5 Å². The minimum Gasteiger partial charge on any atom is -0.387 e. The van der Waals surface area contributed by atoms with Crippen molar-refractivity contribution >= 4 is 5.69 Å². The molecule has 0 saturated carbocycles. The molecule has 1 atom stereocenters. The van der Waals surface area contributed by atoms with Crippen molar-refractivity contribution < 1.29 is 18.3 Å². The molecule has 0 aliphatic heterocycles. The van der Waals surface area contributed by atoms with Gasteiger partial charge >= 0.3 is 0 Å². The number of nitrogens with one attached hydrogen (secondary N) is 1. The van der Waals surface area contributed by atoms with Gasteiger partial charge in [0.05, 0.1) is 6.10 Å². The van der Waals surface area contributed by atoms with Gasteiger partial charge in [0.25, 0.3) is 0 Å². The van der Waals surface area contributed by atoms with Gasteiger partial charge < -0.3 is 10.4 Å². The van der Waals surface area contributed by atoms with Crippen molar-refractivity contribution in [2.45, 2.75) is 6.10 Å². The first-order chi connectivity index (χ1) is 9.06. The van der Waals surface area contributed by atoms with Gasteiger partial charge in [-0.1, -0.05) is 12.1 Å². The molecule has 19 heavy (non-hydrogen) atoms. The van der Waals surface area contributed by atoms with Crippen molar-refractivity contribution in [3.05, 3.63) is 65.5 Å². The van der Waals surface area contributed by atoms with Crippen LogP contribution in [0.4, 0.5) is 18.9 Å². The number of hydrogen-bond donors (Lipinski definition) is 2. The molecule has 0 aromatic heterocycles. The van der Waals surface area contributed by atoms with Crippen LogP contribution >= 0.6 is 0 Å². The lowest BCUT2D eigenvalue weighted by Crippen LogP contribution is -2.12. The van der Waals surface area contributed by atoms with Crippen LogP contribution in [-0.2, 0) is 0 Å². The molecular weight excluding hydrogens is 255 g/mol. The molecule has 0 amide bonds. The van der Waals surface area contributed by atoms with E-state index >= 15 is 0 Å². The molecule has 0 spiro atoms. The Morgan fingerprint density at radius 3 is 2.47 bits per heavy atom. The molecule has 0 radical (unpaired) electrons. The number of benzene rings is 2. The summed E-state index contributed by atoms with van der Waals surface area (Å²) in [4.78, 5) is 0. The lowest BCUT2D eigenvalue weighted by Gasteiger charge is -2.13. The van der Waals surface area contributed by atoms with Crippen molar-refractivity contribution in [2.24, 2.45) is 0 Å². The average Bonchev–Trinajstić information content (AvgIpc) is 2.40. The van der Waals surface area contributed by atoms with Gasteiger partial charge in [-0.15, -0.1) is 0 Å². The Morgan fingerprint density at radius 1 is 1.00 bits per heavy atom. The third-order valence-electron chi connectivity index (χ3n) is 2.65. The topological polar surface area (TPSA) is 32.3 Å². The lowest BCUT2D eigenvalue weighted by molar-refractivity contribution is 0.191. The Hall–Kier alpha value is -2.01. The van der Waals surface area contributed by atoms with E-state index in [0.29, 0.717) is 11.3 Å². The largest absolute Gasteiger partial charge is 0.387 e. The van der Waals surface area contributed by atoms with E-state index in [1.807, 2.05) is 0 Å². The number of aliphatic hydroxyl groups excluding tert-OH is 1. The van der Waals surface area contributed by atoms with Crippen LogP contribution < -0.4 is 5.32 Å². The van der Waals surface area contributed by atoms with Crippen LogP contribution in [0.5, 0.6) is 0 Å². The highest BCUT2D eigenvalue weighted by molar-refractivity contribution is 5.43. The van der Waals surface area contributed by atoms with E-state index in [-0.39, 0.29) is 6.54 Å². The zero-order valence-corrected chi connectivity index (χ0v) is 9.91. The molecule has 5 heteroatoms. The smallest absolute Gasteiger partial charge is 0.160 e. The van der Waals surface area contributed by atoms with E-state index < -0.39 is 23.6 Å². The molecule has 2 nitrogen and oxygen atoms in total. The second-order valence-electron chi connectivity index (χ2n) is 4.08. The van der Waals surface area contributed by atoms with Crippen LogP contribution in [0.15, 0.2) is 42.5 Å². The van der Waals surface area contributed by atoms with Gasteiger partial charge in [-0.05, 0) is 29.8 Å². The van der Waals surface area contributed by atoms with Crippen LogP contribution in [-0.4, -0.2) is 11.7 Å². The summed E-state index contributed by atoms with van der Waals surface area (Å²) in [6.07, 6.45) is -0.941. The first-order valence-corrected chi connectivity index (χ1v) is 5.69. The molecule has 0 aliphatic carbocycles. The number of halogens is 3. The highest BCUT2D eigenvalue weighted by atomic mass is 19.2. The molecule has 2 N–H and O–H groups in total. The third kappa shape index (κ3) is 3.48. The summed E-state index contributed by atoms with van der Waals surface area (Å²) in [5, 5.41) is 12.6. The van der Waals surface area contributed by atoms with Crippen LogP contribution in [0.3, 0.4) is 0 Å². The van der Waals surface area contributed by atoms with Gasteiger partial charge in [0.15, 0.2) is 11.6 Å². The first kappa shape index (κ1) is 13.4. The van der Waals surface area contributed by atoms with E-state index in [0.717, 1.165) is 12.1 Å². The fourth-order valence-corrected chi connectivity index (χ4v) is 1.65. The van der Waals surface area contributed by atoms with Gasteiger partial charge in [0, 0.05) is 18.3 Å². The maximum atomic E-state index is 13.0. The Morgan fingerprint density at radius 2 is 1.79 bits per heavy atom. The lowest BCUT2D eigenvalue weighted by atomic mass is 10.1. The first-order valence-electron chi connectivity index (χ1n) is 5.69. The molecule has 0 heterocycles. The fraction of sp³-hybridized carbons (Fsp3) is 0.143. The van der Waals surface area contributed by atoms with Gasteiger partial charge in [-0.3, -0.25) is 0 Å². The molecule has 100 valence electrons. The van der Waals surface area contributed by atoms with Gasteiger partial charge in [-0.2, -0.15) is 0 Å². The molecule has 0 saturated heterocycles. The molecule has 0 fully saturated rings. The molecule has 0 aliphatic rings. The summed E-state index contributed by atoms with van der Waals surface area (Å²) < 4.78 is 38.6. The maximum Gasteiger partial charge on any atom is 0.160 e. The van der Waals surface area contributed by atoms with E-state index in [2.05, 4.69) is 5.32 Å². The Balaban J connectivity index is 2.00. The number of rotatable bonds is 4. The molecular formula is C14H12F3NO. The normalized spacial score (nSPS) is 12.2. The highest BCUT2D eigenvalue weighted by Gasteiger charge is 2.09. The minimum absolute atomic E-state index is 0.0640. The molecule has 2 aromatic rings. The van der Waals surface area contributed by atoms with Crippen molar-refractivity contribution in [3.63, 3.8) is 0 Å². The zero-order chi connectivity index (χ0) is 13.8. The fourth-order valence-electron chi connectivity index (χ4n) is 1.65. The minimum atomic E-state index is -0.967. The van der Waals surface area contributed by atoms with Crippen molar-refractivity contribution in [3.8, 4) is 0 Å². The van der Waals surface area contributed by atoms with Gasteiger partial charge in [0.2, 0.25) is 0 Å². The summed E-state index contributed by atoms with van der Waals surface area (Å²) in [5.41, 5.74) is 0.754. The summed E-state index contributed by atoms with van der Waals surface area (Å²) >= 11 is 0. The monoisotopic (exact) mass is 267 g/mol. The predicted molar refractivity (Wildman–Crippen MR) is 66.2 cm³/mol. The predicted octanol–water partition coefficient (Wildman–Crippen LogP) is 3.25. The average molecular weight is 267 g/mol. The third-order valence-corrected chi connectivity index (χ3v) is 2.65. The molecule has 2 rings (SSSR count). The number of aliphatic hydroxyl groups is 1. The Labute approximate surface area is 108 Å². The van der Waals surface area contributed by atoms with Crippen molar-refractivity contribution in [1.82, 2.24) is 0 Å². The second kappa shape index (κ2) is 5.75. The Bertz CT molecular complexity index is 574. The summed E-state index contributed by atoms with van der Waals surface area (Å²) in [5.74, 6) is -2.34. The molecule has 0 bridgehead atoms. The standard InChI is InChI=1S/C14H12F3NO/c15-10-3-1-2-9(6-10)14(19)8-18-11-4-5-12(16)13(17)7-11/h1-7,14,18-19H,8H2. The van der Waals surface area contributed by atoms with Crippen molar-refractivity contribution in [1.29, 1.82) is 0 Å². The van der Waals surface area contributed by atoms with Gasteiger partial charge in [-0.25, -0.2) is 13.2 Å². The van der Waals surface area contributed by atoms with E-state index in [1.54, 1.807) is 6.07 Å². The Kier molecular flexibility index (Phi) is 4.06. The zero-order valence-electron chi connectivity index (χ0n) is 9.91. The molecule has 2 aromatic carbocycles. The van der Waals surface area contributed by atoms with E-state index in [1.165, 1.54) is 24.3 Å². The van der Waals surface area contributed by atoms with Crippen molar-refractivity contribution in [2.75, 3.05) is 11.9 Å². The highest BCUT2D eigenvalue weighted by Crippen LogP contribution is 2.17. The summed E-state index contributed by atoms with van der Waals surface area (Å²) in [7, 11) is 0. The second-order valence-corrected chi connectivity index (χ2v) is 4.08. The maximum absolute atomic E-state index is 13.0. The number of anilines is 1. The van der Waals surface area contributed by atoms with Gasteiger partial charge in [0.1, 0.15) is 5.82 Å². The van der Waals surface area contributed by atoms with Crippen LogP contribution in [0.1, 0.15) is 11.7 Å². The van der Waals surface area contributed by atoms with E-state index in [4.69, 9.17) is 0 Å². The SMILES string of the molecule is OC(CNc1ccc(F)c(F)c1)c1cccc(F)c1. The van der Waals surface area contributed by atoms with Crippen LogP contribution in [0.25, 0.3) is 0 Å². The van der Waals surface area contributed by atoms with Crippen LogP contribution in [0.2, 0.25) is 0 Å². The molecule has 1 unspecified atom stereocenters. The number of hydrogen-bond acceptors (Lipinski definition) is 2. The summed E-state index contributed by atoms with van der Waals surface area (Å²) in [6, 6.07) is 8.92.